The van der Waals surface area contributed by atoms with Crippen molar-refractivity contribution in [2.45, 2.75) is 52.7 Å². The molecule has 0 aliphatic rings. The molecule has 0 aliphatic carbocycles. The summed E-state index contributed by atoms with van der Waals surface area (Å²) in [5.41, 5.74) is 3.65. The maximum absolute atomic E-state index is 5.80. The van der Waals surface area contributed by atoms with Gasteiger partial charge in [-0.3, -0.25) is 0 Å². The van der Waals surface area contributed by atoms with Crippen LogP contribution in [0.3, 0.4) is 0 Å². The van der Waals surface area contributed by atoms with E-state index in [4.69, 9.17) is 9.78 Å². The van der Waals surface area contributed by atoms with Gasteiger partial charge in [0.2, 0.25) is 0 Å². The first-order valence-electron chi connectivity index (χ1n) is 7.72. The Morgan fingerprint density at radius 3 is 1.09 bits per heavy atom. The van der Waals surface area contributed by atoms with Gasteiger partial charge in [-0.2, -0.15) is 0 Å². The van der Waals surface area contributed by atoms with Gasteiger partial charge in [0.1, 0.15) is 11.2 Å². The molecule has 0 unspecified atom stereocenters. The summed E-state index contributed by atoms with van der Waals surface area (Å²) in [6, 6.07) is 16.7. The molecule has 2 rings (SSSR count). The fourth-order valence-corrected chi connectivity index (χ4v) is 2.21. The van der Waals surface area contributed by atoms with Crippen LogP contribution in [0.4, 0.5) is 0 Å². The van der Waals surface area contributed by atoms with E-state index in [9.17, 15) is 0 Å². The first-order chi connectivity index (χ1) is 10.2. The Labute approximate surface area is 134 Å². The van der Waals surface area contributed by atoms with E-state index in [-0.39, 0.29) is 0 Å². The highest BCUT2D eigenvalue weighted by atomic mass is 17.2. The quantitative estimate of drug-likeness (QED) is 0.542. The van der Waals surface area contributed by atoms with Crippen molar-refractivity contribution in [3.63, 3.8) is 0 Å². The number of hydrogen-bond donors (Lipinski definition) is 0. The van der Waals surface area contributed by atoms with E-state index in [1.54, 1.807) is 0 Å². The molecular formula is C20H26O2. The van der Waals surface area contributed by atoms with E-state index in [0.717, 1.165) is 11.1 Å². The highest BCUT2D eigenvalue weighted by Crippen LogP contribution is 2.31. The summed E-state index contributed by atoms with van der Waals surface area (Å²) in [6.45, 7) is 12.2. The molecule has 0 radical (unpaired) electrons. The summed E-state index contributed by atoms with van der Waals surface area (Å²) in [7, 11) is 0. The molecule has 0 aliphatic heterocycles. The second kappa shape index (κ2) is 6.23. The first-order valence-corrected chi connectivity index (χ1v) is 7.72. The number of rotatable bonds is 5. The smallest absolute Gasteiger partial charge is 0.123 e. The van der Waals surface area contributed by atoms with E-state index < -0.39 is 11.2 Å². The Morgan fingerprint density at radius 2 is 0.818 bits per heavy atom. The van der Waals surface area contributed by atoms with E-state index >= 15 is 0 Å². The van der Waals surface area contributed by atoms with Crippen molar-refractivity contribution >= 4 is 0 Å². The van der Waals surface area contributed by atoms with Crippen LogP contribution in [0.1, 0.15) is 49.9 Å². The van der Waals surface area contributed by atoms with Crippen LogP contribution in [0.2, 0.25) is 0 Å². The fourth-order valence-electron chi connectivity index (χ4n) is 2.21. The third-order valence-electron chi connectivity index (χ3n) is 3.95. The molecule has 0 fully saturated rings. The normalized spacial score (nSPS) is 12.5. The van der Waals surface area contributed by atoms with Crippen LogP contribution in [0.5, 0.6) is 0 Å². The molecule has 0 aromatic heterocycles. The van der Waals surface area contributed by atoms with Crippen LogP contribution in [0, 0.1) is 13.8 Å². The summed E-state index contributed by atoms with van der Waals surface area (Å²) >= 11 is 0. The van der Waals surface area contributed by atoms with Crippen molar-refractivity contribution in [1.29, 1.82) is 0 Å². The van der Waals surface area contributed by atoms with Crippen LogP contribution in [-0.4, -0.2) is 0 Å². The summed E-state index contributed by atoms with van der Waals surface area (Å²) in [5.74, 6) is 0. The summed E-state index contributed by atoms with van der Waals surface area (Å²) in [6.07, 6.45) is 0. The van der Waals surface area contributed by atoms with Gasteiger partial charge in [-0.05, 0) is 52.7 Å². The van der Waals surface area contributed by atoms with Gasteiger partial charge in [0.25, 0.3) is 0 Å². The van der Waals surface area contributed by atoms with Gasteiger partial charge in [-0.1, -0.05) is 59.7 Å². The topological polar surface area (TPSA) is 18.5 Å². The maximum Gasteiger partial charge on any atom is 0.123 e. The molecule has 2 aromatic carbocycles. The molecule has 0 heterocycles. The molecule has 2 aromatic rings. The summed E-state index contributed by atoms with van der Waals surface area (Å²) in [5, 5.41) is 0. The zero-order valence-corrected chi connectivity index (χ0v) is 14.4. The average molecular weight is 298 g/mol. The second-order valence-corrected chi connectivity index (χ2v) is 6.92. The molecule has 22 heavy (non-hydrogen) atoms. The van der Waals surface area contributed by atoms with E-state index in [2.05, 4.69) is 62.4 Å². The SMILES string of the molecule is Cc1ccc(C(C)(C)OOC(C)(C)c2ccc(C)cc2)cc1. The van der Waals surface area contributed by atoms with Crippen molar-refractivity contribution in [1.82, 2.24) is 0 Å². The minimum absolute atomic E-state index is 0.504. The Bertz CT molecular complexity index is 550. The second-order valence-electron chi connectivity index (χ2n) is 6.92. The Morgan fingerprint density at radius 1 is 0.545 bits per heavy atom. The molecular weight excluding hydrogens is 272 g/mol. The molecule has 0 N–H and O–H groups in total. The molecule has 0 spiro atoms. The lowest BCUT2D eigenvalue weighted by Crippen LogP contribution is -2.29. The molecule has 2 heteroatoms. The summed E-state index contributed by atoms with van der Waals surface area (Å²) < 4.78 is 0. The Balaban J connectivity index is 2.10. The minimum atomic E-state index is -0.504. The lowest BCUT2D eigenvalue weighted by atomic mass is 9.97. The lowest BCUT2D eigenvalue weighted by molar-refractivity contribution is -0.410. The van der Waals surface area contributed by atoms with Crippen molar-refractivity contribution < 1.29 is 9.78 Å². The molecule has 0 atom stereocenters. The van der Waals surface area contributed by atoms with Gasteiger partial charge in [0.05, 0.1) is 0 Å². The highest BCUT2D eigenvalue weighted by molar-refractivity contribution is 5.26. The molecule has 0 saturated carbocycles. The van der Waals surface area contributed by atoms with Crippen LogP contribution in [0.25, 0.3) is 0 Å². The third kappa shape index (κ3) is 3.96. The van der Waals surface area contributed by atoms with Gasteiger partial charge in [-0.15, -0.1) is 0 Å². The van der Waals surface area contributed by atoms with E-state index in [1.807, 2.05) is 27.7 Å². The van der Waals surface area contributed by atoms with Gasteiger partial charge < -0.3 is 0 Å². The van der Waals surface area contributed by atoms with Crippen LogP contribution < -0.4 is 0 Å². The van der Waals surface area contributed by atoms with E-state index in [0.29, 0.717) is 0 Å². The van der Waals surface area contributed by atoms with Crippen LogP contribution in [0.15, 0.2) is 48.5 Å². The zero-order chi connectivity index (χ0) is 16.4. The van der Waals surface area contributed by atoms with Crippen molar-refractivity contribution in [2.75, 3.05) is 0 Å². The van der Waals surface area contributed by atoms with Gasteiger partial charge in [0, 0.05) is 0 Å². The lowest BCUT2D eigenvalue weighted by Gasteiger charge is -2.31. The Hall–Kier alpha value is -1.64. The predicted molar refractivity (Wildman–Crippen MR) is 90.6 cm³/mol. The largest absolute Gasteiger partial charge is 0.225 e. The number of benzene rings is 2. The minimum Gasteiger partial charge on any atom is -0.225 e. The molecule has 118 valence electrons. The van der Waals surface area contributed by atoms with Gasteiger partial charge >= 0.3 is 0 Å². The van der Waals surface area contributed by atoms with Crippen molar-refractivity contribution in [2.24, 2.45) is 0 Å². The molecule has 0 bridgehead atoms. The standard InChI is InChI=1S/C20H26O2/c1-15-7-11-17(12-8-15)19(3,4)21-22-20(5,6)18-13-9-16(2)10-14-18/h7-14H,1-6H3. The highest BCUT2D eigenvalue weighted by Gasteiger charge is 2.29. The van der Waals surface area contributed by atoms with Crippen LogP contribution >= 0.6 is 0 Å². The predicted octanol–water partition coefficient (Wildman–Crippen LogP) is 5.42. The Kier molecular flexibility index (Phi) is 4.74. The average Bonchev–Trinajstić information content (AvgIpc) is 2.46. The maximum atomic E-state index is 5.80. The third-order valence-corrected chi connectivity index (χ3v) is 3.95. The zero-order valence-electron chi connectivity index (χ0n) is 14.4. The van der Waals surface area contributed by atoms with Gasteiger partial charge in [-0.25, -0.2) is 9.78 Å². The van der Waals surface area contributed by atoms with Crippen LogP contribution in [-0.2, 0) is 21.0 Å². The van der Waals surface area contributed by atoms with Crippen molar-refractivity contribution in [3.05, 3.63) is 70.8 Å². The monoisotopic (exact) mass is 298 g/mol. The first kappa shape index (κ1) is 16.7. The van der Waals surface area contributed by atoms with E-state index in [1.165, 1.54) is 11.1 Å². The van der Waals surface area contributed by atoms with Gasteiger partial charge in [0.15, 0.2) is 0 Å². The summed E-state index contributed by atoms with van der Waals surface area (Å²) in [4.78, 5) is 11.6. The number of aryl methyl sites for hydroxylation is 2. The number of hydrogen-bond acceptors (Lipinski definition) is 2. The fraction of sp³-hybridized carbons (Fsp3) is 0.400. The molecule has 2 nitrogen and oxygen atoms in total. The van der Waals surface area contributed by atoms with Crippen molar-refractivity contribution in [3.8, 4) is 0 Å². The molecule has 0 saturated heterocycles. The molecule has 0 amide bonds.